The molecule has 0 aliphatic heterocycles. The van der Waals surface area contributed by atoms with E-state index in [-0.39, 0.29) is 22.3 Å². The van der Waals surface area contributed by atoms with Crippen molar-refractivity contribution in [1.82, 2.24) is 14.8 Å². The van der Waals surface area contributed by atoms with Crippen molar-refractivity contribution in [3.8, 4) is 11.4 Å². The van der Waals surface area contributed by atoms with Gasteiger partial charge in [-0.15, -0.1) is 10.2 Å². The van der Waals surface area contributed by atoms with Crippen molar-refractivity contribution in [3.63, 3.8) is 0 Å². The van der Waals surface area contributed by atoms with E-state index in [4.69, 9.17) is 11.6 Å². The second-order valence-corrected chi connectivity index (χ2v) is 8.07. The predicted molar refractivity (Wildman–Crippen MR) is 113 cm³/mol. The van der Waals surface area contributed by atoms with Crippen LogP contribution in [0, 0.1) is 17.0 Å². The van der Waals surface area contributed by atoms with Crippen LogP contribution in [0.15, 0.2) is 47.6 Å². The first-order chi connectivity index (χ1) is 13.8. The van der Waals surface area contributed by atoms with Gasteiger partial charge in [0.25, 0.3) is 5.69 Å². The van der Waals surface area contributed by atoms with Gasteiger partial charge < -0.3 is 9.88 Å². The number of amides is 1. The fourth-order valence-electron chi connectivity index (χ4n) is 2.64. The van der Waals surface area contributed by atoms with E-state index in [1.807, 2.05) is 42.8 Å². The monoisotopic (exact) mass is 431 g/mol. The quantitative estimate of drug-likeness (QED) is 0.351. The molecular formula is C19H18ClN5O3S. The molecule has 3 aromatic rings. The van der Waals surface area contributed by atoms with Crippen LogP contribution in [0.1, 0.15) is 12.5 Å². The third-order valence-corrected chi connectivity index (χ3v) is 5.75. The highest BCUT2D eigenvalue weighted by Gasteiger charge is 2.21. The lowest BCUT2D eigenvalue weighted by Crippen LogP contribution is -2.23. The molecule has 0 spiro atoms. The van der Waals surface area contributed by atoms with E-state index < -0.39 is 10.2 Å². The van der Waals surface area contributed by atoms with Crippen LogP contribution in [0.5, 0.6) is 0 Å². The Morgan fingerprint density at radius 3 is 2.69 bits per heavy atom. The standard InChI is InChI=1S/C19H18ClN5O3S/c1-11-6-4-5-7-14(11)17-22-23-19(24(17)3)29-12(2)18(26)21-16-10-13(25(27)28)8-9-15(16)20/h4-10,12H,1-3H3,(H,21,26). The first-order valence-corrected chi connectivity index (χ1v) is 9.90. The topological polar surface area (TPSA) is 103 Å². The first kappa shape index (κ1) is 20.8. The Kier molecular flexibility index (Phi) is 6.19. The summed E-state index contributed by atoms with van der Waals surface area (Å²) >= 11 is 7.29. The number of hydrogen-bond acceptors (Lipinski definition) is 6. The van der Waals surface area contributed by atoms with Crippen LogP contribution in [-0.2, 0) is 11.8 Å². The summed E-state index contributed by atoms with van der Waals surface area (Å²) in [5.41, 5.74) is 2.08. The second-order valence-electron chi connectivity index (χ2n) is 6.35. The Labute approximate surface area is 176 Å². The summed E-state index contributed by atoms with van der Waals surface area (Å²) in [7, 11) is 1.84. The van der Waals surface area contributed by atoms with Gasteiger partial charge in [-0.1, -0.05) is 47.6 Å². The van der Waals surface area contributed by atoms with Crippen LogP contribution in [0.25, 0.3) is 11.4 Å². The Bertz CT molecular complexity index is 1090. The van der Waals surface area contributed by atoms with Crippen LogP contribution in [0.3, 0.4) is 0 Å². The van der Waals surface area contributed by atoms with E-state index in [9.17, 15) is 14.9 Å². The number of nitro groups is 1. The highest BCUT2D eigenvalue weighted by atomic mass is 35.5. The molecule has 1 N–H and O–H groups in total. The summed E-state index contributed by atoms with van der Waals surface area (Å²) in [4.78, 5) is 23.0. The maximum Gasteiger partial charge on any atom is 0.271 e. The van der Waals surface area contributed by atoms with Gasteiger partial charge in [-0.2, -0.15) is 0 Å². The lowest BCUT2D eigenvalue weighted by Gasteiger charge is -2.13. The van der Waals surface area contributed by atoms with Gasteiger partial charge in [0.05, 0.1) is 20.9 Å². The molecule has 2 aromatic carbocycles. The molecule has 1 aromatic heterocycles. The van der Waals surface area contributed by atoms with E-state index in [0.717, 1.165) is 11.1 Å². The number of nitrogens with zero attached hydrogens (tertiary/aromatic N) is 4. The summed E-state index contributed by atoms with van der Waals surface area (Å²) < 4.78 is 1.83. The molecule has 0 aliphatic carbocycles. The Morgan fingerprint density at radius 2 is 2.00 bits per heavy atom. The smallest absolute Gasteiger partial charge is 0.271 e. The minimum atomic E-state index is -0.545. The highest BCUT2D eigenvalue weighted by Crippen LogP contribution is 2.30. The molecule has 0 saturated carbocycles. The maximum absolute atomic E-state index is 12.6. The van der Waals surface area contributed by atoms with Gasteiger partial charge in [0, 0.05) is 24.7 Å². The van der Waals surface area contributed by atoms with Crippen molar-refractivity contribution in [1.29, 1.82) is 0 Å². The van der Waals surface area contributed by atoms with Crippen molar-refractivity contribution in [2.24, 2.45) is 7.05 Å². The fraction of sp³-hybridized carbons (Fsp3) is 0.211. The van der Waals surface area contributed by atoms with E-state index in [1.54, 1.807) is 6.92 Å². The van der Waals surface area contributed by atoms with Crippen molar-refractivity contribution in [2.45, 2.75) is 24.3 Å². The van der Waals surface area contributed by atoms with E-state index in [1.165, 1.54) is 30.0 Å². The summed E-state index contributed by atoms with van der Waals surface area (Å²) in [6.07, 6.45) is 0. The Balaban J connectivity index is 1.75. The number of rotatable bonds is 6. The average Bonchev–Trinajstić information content (AvgIpc) is 3.04. The lowest BCUT2D eigenvalue weighted by molar-refractivity contribution is -0.384. The van der Waals surface area contributed by atoms with Crippen LogP contribution in [-0.4, -0.2) is 30.8 Å². The summed E-state index contributed by atoms with van der Waals surface area (Å²) in [6, 6.07) is 11.7. The van der Waals surface area contributed by atoms with Gasteiger partial charge in [-0.05, 0) is 25.5 Å². The number of nitrogens with one attached hydrogen (secondary N) is 1. The molecule has 8 nitrogen and oxygen atoms in total. The fourth-order valence-corrected chi connectivity index (χ4v) is 3.62. The number of thioether (sulfide) groups is 1. The molecule has 1 amide bonds. The predicted octanol–water partition coefficient (Wildman–Crippen LogP) is 4.47. The number of halogens is 1. The van der Waals surface area contributed by atoms with Gasteiger partial charge in [0.2, 0.25) is 5.91 Å². The third-order valence-electron chi connectivity index (χ3n) is 4.29. The molecule has 150 valence electrons. The molecule has 0 bridgehead atoms. The molecule has 0 saturated heterocycles. The second kappa shape index (κ2) is 8.62. The van der Waals surface area contributed by atoms with Gasteiger partial charge in [-0.3, -0.25) is 14.9 Å². The molecule has 3 rings (SSSR count). The van der Waals surface area contributed by atoms with Crippen LogP contribution >= 0.6 is 23.4 Å². The molecule has 0 aliphatic rings. The number of benzene rings is 2. The minimum absolute atomic E-state index is 0.152. The van der Waals surface area contributed by atoms with Gasteiger partial charge in [-0.25, -0.2) is 0 Å². The molecular weight excluding hydrogens is 414 g/mol. The largest absolute Gasteiger partial charge is 0.324 e. The van der Waals surface area contributed by atoms with E-state index in [0.29, 0.717) is 11.0 Å². The SMILES string of the molecule is Cc1ccccc1-c1nnc(SC(C)C(=O)Nc2cc([N+](=O)[O-])ccc2Cl)n1C. The van der Waals surface area contributed by atoms with Crippen molar-refractivity contribution in [2.75, 3.05) is 5.32 Å². The van der Waals surface area contributed by atoms with Crippen molar-refractivity contribution >= 4 is 40.6 Å². The number of carbonyl (C=O) groups is 1. The van der Waals surface area contributed by atoms with E-state index >= 15 is 0 Å². The first-order valence-electron chi connectivity index (χ1n) is 8.64. The normalized spacial score (nSPS) is 11.9. The van der Waals surface area contributed by atoms with Gasteiger partial charge >= 0.3 is 0 Å². The summed E-state index contributed by atoms with van der Waals surface area (Å²) in [5.74, 6) is 0.359. The number of hydrogen-bond donors (Lipinski definition) is 1. The molecule has 0 fully saturated rings. The van der Waals surface area contributed by atoms with Crippen LogP contribution in [0.2, 0.25) is 5.02 Å². The maximum atomic E-state index is 12.6. The minimum Gasteiger partial charge on any atom is -0.324 e. The summed E-state index contributed by atoms with van der Waals surface area (Å²) in [5, 5.41) is 22.3. The zero-order chi connectivity index (χ0) is 21.1. The van der Waals surface area contributed by atoms with Gasteiger partial charge in [0.15, 0.2) is 11.0 Å². The summed E-state index contributed by atoms with van der Waals surface area (Å²) in [6.45, 7) is 3.71. The molecule has 10 heteroatoms. The number of non-ortho nitro benzene ring substituents is 1. The zero-order valence-electron chi connectivity index (χ0n) is 15.9. The Hall–Kier alpha value is -2.91. The zero-order valence-corrected chi connectivity index (χ0v) is 17.5. The van der Waals surface area contributed by atoms with Gasteiger partial charge in [0.1, 0.15) is 0 Å². The van der Waals surface area contributed by atoms with E-state index in [2.05, 4.69) is 15.5 Å². The Morgan fingerprint density at radius 1 is 1.28 bits per heavy atom. The number of anilines is 1. The molecule has 1 heterocycles. The highest BCUT2D eigenvalue weighted by molar-refractivity contribution is 8.00. The van der Waals surface area contributed by atoms with Crippen LogP contribution in [0.4, 0.5) is 11.4 Å². The number of carbonyl (C=O) groups excluding carboxylic acids is 1. The average molecular weight is 432 g/mol. The molecule has 1 atom stereocenters. The molecule has 0 radical (unpaired) electrons. The lowest BCUT2D eigenvalue weighted by atomic mass is 10.1. The van der Waals surface area contributed by atoms with Crippen molar-refractivity contribution in [3.05, 3.63) is 63.2 Å². The number of aromatic nitrogens is 3. The van der Waals surface area contributed by atoms with Crippen LogP contribution < -0.4 is 5.32 Å². The van der Waals surface area contributed by atoms with Crippen molar-refractivity contribution < 1.29 is 9.72 Å². The molecule has 29 heavy (non-hydrogen) atoms. The number of aryl methyl sites for hydroxylation is 1. The molecule has 1 unspecified atom stereocenters. The number of nitro benzene ring substituents is 1. The third kappa shape index (κ3) is 4.57.